The molecule has 128 valence electrons. The summed E-state index contributed by atoms with van der Waals surface area (Å²) in [5.74, 6) is -0.00722. The van der Waals surface area contributed by atoms with Crippen LogP contribution in [-0.4, -0.2) is 53.7 Å². The average Bonchev–Trinajstić information content (AvgIpc) is 2.95. The highest BCUT2D eigenvalue weighted by Gasteiger charge is 2.15. The normalized spacial score (nSPS) is 10.7. The van der Waals surface area contributed by atoms with E-state index in [1.807, 2.05) is 44.4 Å². The Morgan fingerprint density at radius 3 is 2.54 bits per heavy atom. The van der Waals surface area contributed by atoms with Gasteiger partial charge in [0.2, 0.25) is 5.91 Å². The number of anilines is 1. The molecule has 0 aliphatic carbocycles. The topological polar surface area (TPSA) is 79.3 Å². The second-order valence-electron chi connectivity index (χ2n) is 5.76. The van der Waals surface area contributed by atoms with Crippen molar-refractivity contribution in [3.63, 3.8) is 0 Å². The van der Waals surface area contributed by atoms with Gasteiger partial charge in [-0.3, -0.25) is 9.59 Å². The maximum absolute atomic E-state index is 12.3. The molecule has 0 spiro atoms. The molecule has 1 aromatic carbocycles. The number of hydrogen-bond acceptors (Lipinski definition) is 4. The first-order valence-electron chi connectivity index (χ1n) is 7.83. The first-order valence-corrected chi connectivity index (χ1v) is 7.83. The molecule has 0 unspecified atom stereocenters. The van der Waals surface area contributed by atoms with Gasteiger partial charge in [-0.15, -0.1) is 0 Å². The van der Waals surface area contributed by atoms with Gasteiger partial charge >= 0.3 is 0 Å². The third kappa shape index (κ3) is 4.92. The van der Waals surface area contributed by atoms with Gasteiger partial charge in [0.05, 0.1) is 5.69 Å². The number of carbonyl (C=O) groups excluding carboxylic acids is 2. The Bertz CT molecular complexity index is 694. The van der Waals surface area contributed by atoms with Crippen molar-refractivity contribution in [3.8, 4) is 5.69 Å². The van der Waals surface area contributed by atoms with Crippen LogP contribution in [0, 0.1) is 0 Å². The van der Waals surface area contributed by atoms with Crippen LogP contribution in [0.1, 0.15) is 23.8 Å². The molecule has 0 aliphatic rings. The van der Waals surface area contributed by atoms with Crippen molar-refractivity contribution in [3.05, 3.63) is 42.1 Å². The fourth-order valence-corrected chi connectivity index (χ4v) is 2.22. The highest BCUT2D eigenvalue weighted by atomic mass is 16.2. The van der Waals surface area contributed by atoms with E-state index in [-0.39, 0.29) is 17.5 Å². The molecule has 0 saturated carbocycles. The number of benzene rings is 1. The minimum absolute atomic E-state index is 0.218. The number of para-hydroxylation sites is 1. The third-order valence-corrected chi connectivity index (χ3v) is 3.31. The molecule has 24 heavy (non-hydrogen) atoms. The first kappa shape index (κ1) is 17.7. The molecule has 0 atom stereocenters. The number of hydrogen-bond donors (Lipinski definition) is 2. The molecular formula is C17H23N5O2. The minimum Gasteiger partial charge on any atom is -0.351 e. The van der Waals surface area contributed by atoms with Gasteiger partial charge in [-0.2, -0.15) is 5.10 Å². The Hall–Kier alpha value is -2.67. The summed E-state index contributed by atoms with van der Waals surface area (Å²) >= 11 is 0. The van der Waals surface area contributed by atoms with E-state index in [1.54, 1.807) is 10.7 Å². The van der Waals surface area contributed by atoms with Crippen LogP contribution in [0.2, 0.25) is 0 Å². The van der Waals surface area contributed by atoms with Gasteiger partial charge in [0.15, 0.2) is 5.69 Å². The van der Waals surface area contributed by atoms with E-state index in [4.69, 9.17) is 0 Å². The van der Waals surface area contributed by atoms with E-state index in [0.29, 0.717) is 12.4 Å². The fourth-order valence-electron chi connectivity index (χ4n) is 2.22. The summed E-state index contributed by atoms with van der Waals surface area (Å²) in [6.45, 7) is 2.89. The molecular weight excluding hydrogens is 306 g/mol. The lowest BCUT2D eigenvalue weighted by atomic mass is 10.3. The number of amides is 2. The summed E-state index contributed by atoms with van der Waals surface area (Å²) in [7, 11) is 3.98. The van der Waals surface area contributed by atoms with Gasteiger partial charge in [0.1, 0.15) is 5.82 Å². The van der Waals surface area contributed by atoms with E-state index >= 15 is 0 Å². The SMILES string of the molecule is CC(=O)Nc1cc(C(=O)NCCCN(C)C)nn1-c1ccccc1. The molecule has 2 amide bonds. The standard InChI is InChI=1S/C17H23N5O2/c1-13(23)19-16-12-15(17(24)18-10-7-11-21(2)3)20-22(16)14-8-5-4-6-9-14/h4-6,8-9,12H,7,10-11H2,1-3H3,(H,18,24)(H,19,23). The molecule has 0 saturated heterocycles. The Morgan fingerprint density at radius 1 is 1.21 bits per heavy atom. The van der Waals surface area contributed by atoms with Gasteiger partial charge in [-0.25, -0.2) is 4.68 Å². The number of carbonyl (C=O) groups is 2. The molecule has 7 nitrogen and oxygen atoms in total. The fraction of sp³-hybridized carbons (Fsp3) is 0.353. The Labute approximate surface area is 141 Å². The summed E-state index contributed by atoms with van der Waals surface area (Å²) in [5.41, 5.74) is 1.04. The zero-order valence-electron chi connectivity index (χ0n) is 14.2. The van der Waals surface area contributed by atoms with Crippen molar-refractivity contribution in [2.45, 2.75) is 13.3 Å². The van der Waals surface area contributed by atoms with Crippen LogP contribution in [0.3, 0.4) is 0 Å². The van der Waals surface area contributed by atoms with E-state index in [2.05, 4.69) is 20.6 Å². The predicted molar refractivity (Wildman–Crippen MR) is 93.4 cm³/mol. The molecule has 2 rings (SSSR count). The van der Waals surface area contributed by atoms with Crippen molar-refractivity contribution in [2.24, 2.45) is 0 Å². The Kier molecular flexibility index (Phi) is 6.08. The van der Waals surface area contributed by atoms with E-state index in [9.17, 15) is 9.59 Å². The van der Waals surface area contributed by atoms with E-state index < -0.39 is 0 Å². The van der Waals surface area contributed by atoms with Crippen LogP contribution >= 0.6 is 0 Å². The van der Waals surface area contributed by atoms with Crippen LogP contribution in [-0.2, 0) is 4.79 Å². The zero-order valence-corrected chi connectivity index (χ0v) is 14.2. The van der Waals surface area contributed by atoms with Crippen LogP contribution < -0.4 is 10.6 Å². The molecule has 2 N–H and O–H groups in total. The maximum Gasteiger partial charge on any atom is 0.271 e. The summed E-state index contributed by atoms with van der Waals surface area (Å²) in [4.78, 5) is 25.7. The lowest BCUT2D eigenvalue weighted by Crippen LogP contribution is -2.27. The smallest absolute Gasteiger partial charge is 0.271 e. The quantitative estimate of drug-likeness (QED) is 0.755. The average molecular weight is 329 g/mol. The molecule has 1 heterocycles. The monoisotopic (exact) mass is 329 g/mol. The molecule has 2 aromatic rings. The van der Waals surface area contributed by atoms with Gasteiger partial charge in [-0.1, -0.05) is 18.2 Å². The van der Waals surface area contributed by atoms with Gasteiger partial charge in [0.25, 0.3) is 5.91 Å². The van der Waals surface area contributed by atoms with Gasteiger partial charge in [-0.05, 0) is 39.2 Å². The molecule has 0 radical (unpaired) electrons. The van der Waals surface area contributed by atoms with E-state index in [0.717, 1.165) is 18.7 Å². The molecule has 7 heteroatoms. The van der Waals surface area contributed by atoms with Crippen LogP contribution in [0.4, 0.5) is 5.82 Å². The van der Waals surface area contributed by atoms with Gasteiger partial charge in [0, 0.05) is 19.5 Å². The van der Waals surface area contributed by atoms with Crippen LogP contribution in [0.5, 0.6) is 0 Å². The van der Waals surface area contributed by atoms with E-state index in [1.165, 1.54) is 6.92 Å². The van der Waals surface area contributed by atoms with Crippen LogP contribution in [0.15, 0.2) is 36.4 Å². The van der Waals surface area contributed by atoms with Crippen molar-refractivity contribution in [1.82, 2.24) is 20.0 Å². The third-order valence-electron chi connectivity index (χ3n) is 3.31. The maximum atomic E-state index is 12.3. The Morgan fingerprint density at radius 2 is 1.92 bits per heavy atom. The number of aromatic nitrogens is 2. The molecule has 0 bridgehead atoms. The largest absolute Gasteiger partial charge is 0.351 e. The van der Waals surface area contributed by atoms with Crippen molar-refractivity contribution < 1.29 is 9.59 Å². The summed E-state index contributed by atoms with van der Waals surface area (Å²) in [5, 5.41) is 9.88. The summed E-state index contributed by atoms with van der Waals surface area (Å²) < 4.78 is 1.55. The molecule has 1 aromatic heterocycles. The van der Waals surface area contributed by atoms with Gasteiger partial charge < -0.3 is 15.5 Å². The lowest BCUT2D eigenvalue weighted by Gasteiger charge is -2.09. The summed E-state index contributed by atoms with van der Waals surface area (Å²) in [6, 6.07) is 10.9. The molecule has 0 fully saturated rings. The second-order valence-corrected chi connectivity index (χ2v) is 5.76. The Balaban J connectivity index is 2.14. The first-order chi connectivity index (χ1) is 11.5. The van der Waals surface area contributed by atoms with Crippen molar-refractivity contribution in [1.29, 1.82) is 0 Å². The number of nitrogens with zero attached hydrogens (tertiary/aromatic N) is 3. The van der Waals surface area contributed by atoms with Crippen molar-refractivity contribution >= 4 is 17.6 Å². The minimum atomic E-state index is -0.255. The number of nitrogens with one attached hydrogen (secondary N) is 2. The zero-order chi connectivity index (χ0) is 17.5. The number of rotatable bonds is 7. The highest BCUT2D eigenvalue weighted by Crippen LogP contribution is 2.17. The second kappa shape index (κ2) is 8.26. The lowest BCUT2D eigenvalue weighted by molar-refractivity contribution is -0.114. The van der Waals surface area contributed by atoms with Crippen LogP contribution in [0.25, 0.3) is 5.69 Å². The summed E-state index contributed by atoms with van der Waals surface area (Å²) in [6.07, 6.45) is 0.858. The highest BCUT2D eigenvalue weighted by molar-refractivity contribution is 5.95. The predicted octanol–water partition coefficient (Wildman–Crippen LogP) is 1.51. The molecule has 0 aliphatic heterocycles. The van der Waals surface area contributed by atoms with Crippen molar-refractivity contribution in [2.75, 3.05) is 32.5 Å².